The number of aromatic nitrogens is 3. The maximum absolute atomic E-state index is 5.61. The van der Waals surface area contributed by atoms with Crippen LogP contribution in [0, 0.1) is 0 Å². The van der Waals surface area contributed by atoms with Gasteiger partial charge in [0.15, 0.2) is 17.4 Å². The third-order valence-corrected chi connectivity index (χ3v) is 1.78. The Labute approximate surface area is 87.0 Å². The zero-order valence-electron chi connectivity index (χ0n) is 8.00. The van der Waals surface area contributed by atoms with Crippen molar-refractivity contribution in [3.05, 3.63) is 42.6 Å². The Kier molecular flexibility index (Phi) is 2.73. The Morgan fingerprint density at radius 2 is 1.80 bits per heavy atom. The molecular formula is C10H10N4O. The van der Waals surface area contributed by atoms with E-state index in [1.165, 1.54) is 0 Å². The number of anilines is 1. The first-order chi connectivity index (χ1) is 7.36. The first kappa shape index (κ1) is 9.39. The smallest absolute Gasteiger partial charge is 0.166 e. The van der Waals surface area contributed by atoms with Gasteiger partial charge in [-0.25, -0.2) is 15.0 Å². The number of hydrogen-bond acceptors (Lipinski definition) is 5. The van der Waals surface area contributed by atoms with Gasteiger partial charge in [-0.05, 0) is 18.2 Å². The molecule has 0 aliphatic heterocycles. The summed E-state index contributed by atoms with van der Waals surface area (Å²) >= 11 is 0. The van der Waals surface area contributed by atoms with Crippen LogP contribution in [0.15, 0.2) is 36.8 Å². The van der Waals surface area contributed by atoms with E-state index in [0.717, 1.165) is 0 Å². The van der Waals surface area contributed by atoms with E-state index in [9.17, 15) is 0 Å². The molecule has 2 N–H and O–H groups in total. The summed E-state index contributed by atoms with van der Waals surface area (Å²) in [6.45, 7) is 0.288. The average Bonchev–Trinajstić information content (AvgIpc) is 2.29. The molecule has 0 aromatic carbocycles. The van der Waals surface area contributed by atoms with Crippen molar-refractivity contribution in [2.75, 3.05) is 5.73 Å². The van der Waals surface area contributed by atoms with Crippen molar-refractivity contribution in [3.63, 3.8) is 0 Å². The summed E-state index contributed by atoms with van der Waals surface area (Å²) in [5, 5.41) is 0. The zero-order chi connectivity index (χ0) is 10.5. The van der Waals surface area contributed by atoms with Gasteiger partial charge >= 0.3 is 0 Å². The SMILES string of the molecule is Nc1ncccc1OCc1ncccn1. The summed E-state index contributed by atoms with van der Waals surface area (Å²) in [4.78, 5) is 12.0. The highest BCUT2D eigenvalue weighted by molar-refractivity contribution is 5.44. The quantitative estimate of drug-likeness (QED) is 0.804. The fourth-order valence-electron chi connectivity index (χ4n) is 1.07. The molecule has 0 radical (unpaired) electrons. The summed E-state index contributed by atoms with van der Waals surface area (Å²) < 4.78 is 5.41. The molecule has 0 amide bonds. The highest BCUT2D eigenvalue weighted by Crippen LogP contribution is 2.17. The largest absolute Gasteiger partial charge is 0.482 e. The molecule has 2 aromatic rings. The number of hydrogen-bond donors (Lipinski definition) is 1. The van der Waals surface area contributed by atoms with Crippen LogP contribution >= 0.6 is 0 Å². The maximum atomic E-state index is 5.61. The van der Waals surface area contributed by atoms with Crippen molar-refractivity contribution in [1.82, 2.24) is 15.0 Å². The number of nitrogens with two attached hydrogens (primary N) is 1. The monoisotopic (exact) mass is 202 g/mol. The standard InChI is InChI=1S/C10H10N4O/c11-10-8(3-1-4-14-10)15-7-9-12-5-2-6-13-9/h1-6H,7H2,(H2,11,14). The predicted molar refractivity (Wildman–Crippen MR) is 55.0 cm³/mol. The molecular weight excluding hydrogens is 192 g/mol. The number of ether oxygens (including phenoxy) is 1. The van der Waals surface area contributed by atoms with Gasteiger partial charge in [0.25, 0.3) is 0 Å². The van der Waals surface area contributed by atoms with Crippen LogP contribution in [0.1, 0.15) is 5.82 Å². The lowest BCUT2D eigenvalue weighted by Crippen LogP contribution is -2.02. The van der Waals surface area contributed by atoms with Crippen LogP contribution in [0.3, 0.4) is 0 Å². The van der Waals surface area contributed by atoms with E-state index in [1.54, 1.807) is 36.8 Å². The van der Waals surface area contributed by atoms with Crippen LogP contribution < -0.4 is 10.5 Å². The second kappa shape index (κ2) is 4.36. The molecule has 0 unspecified atom stereocenters. The van der Waals surface area contributed by atoms with Crippen molar-refractivity contribution >= 4 is 5.82 Å². The first-order valence-corrected chi connectivity index (χ1v) is 4.45. The highest BCUT2D eigenvalue weighted by atomic mass is 16.5. The third kappa shape index (κ3) is 2.40. The van der Waals surface area contributed by atoms with Crippen molar-refractivity contribution < 1.29 is 4.74 Å². The van der Waals surface area contributed by atoms with Gasteiger partial charge in [-0.15, -0.1) is 0 Å². The summed E-state index contributed by atoms with van der Waals surface area (Å²) in [7, 11) is 0. The molecule has 0 spiro atoms. The zero-order valence-corrected chi connectivity index (χ0v) is 8.00. The van der Waals surface area contributed by atoms with E-state index in [-0.39, 0.29) is 6.61 Å². The molecule has 15 heavy (non-hydrogen) atoms. The minimum Gasteiger partial charge on any atom is -0.482 e. The van der Waals surface area contributed by atoms with E-state index in [1.807, 2.05) is 0 Å². The molecule has 0 bridgehead atoms. The predicted octanol–water partition coefficient (Wildman–Crippen LogP) is 1.03. The molecule has 5 heteroatoms. The Morgan fingerprint density at radius 1 is 1.07 bits per heavy atom. The fourth-order valence-corrected chi connectivity index (χ4v) is 1.07. The third-order valence-electron chi connectivity index (χ3n) is 1.78. The van der Waals surface area contributed by atoms with Crippen LogP contribution in [-0.4, -0.2) is 15.0 Å². The first-order valence-electron chi connectivity index (χ1n) is 4.45. The van der Waals surface area contributed by atoms with Crippen LogP contribution in [-0.2, 0) is 6.61 Å². The summed E-state index contributed by atoms with van der Waals surface area (Å²) in [6, 6.07) is 5.27. The van der Waals surface area contributed by atoms with E-state index in [4.69, 9.17) is 10.5 Å². The lowest BCUT2D eigenvalue weighted by molar-refractivity contribution is 0.296. The van der Waals surface area contributed by atoms with Gasteiger partial charge in [-0.3, -0.25) is 0 Å². The number of rotatable bonds is 3. The molecule has 0 atom stereocenters. The normalized spacial score (nSPS) is 9.87. The number of pyridine rings is 1. The van der Waals surface area contributed by atoms with Crippen LogP contribution in [0.4, 0.5) is 5.82 Å². The highest BCUT2D eigenvalue weighted by Gasteiger charge is 2.01. The van der Waals surface area contributed by atoms with E-state index in [2.05, 4.69) is 15.0 Å². The van der Waals surface area contributed by atoms with Crippen molar-refractivity contribution in [2.24, 2.45) is 0 Å². The van der Waals surface area contributed by atoms with E-state index < -0.39 is 0 Å². The van der Waals surface area contributed by atoms with Crippen LogP contribution in [0.2, 0.25) is 0 Å². The molecule has 0 saturated heterocycles. The molecule has 0 saturated carbocycles. The molecule has 0 fully saturated rings. The van der Waals surface area contributed by atoms with Gasteiger partial charge in [0, 0.05) is 18.6 Å². The molecule has 0 aliphatic rings. The average molecular weight is 202 g/mol. The second-order valence-corrected chi connectivity index (χ2v) is 2.84. The van der Waals surface area contributed by atoms with Gasteiger partial charge in [-0.1, -0.05) is 0 Å². The summed E-state index contributed by atoms with van der Waals surface area (Å²) in [6.07, 6.45) is 4.94. The van der Waals surface area contributed by atoms with Crippen molar-refractivity contribution in [1.29, 1.82) is 0 Å². The van der Waals surface area contributed by atoms with Gasteiger partial charge in [0.1, 0.15) is 6.61 Å². The molecule has 2 rings (SSSR count). The lowest BCUT2D eigenvalue weighted by atomic mass is 10.4. The Morgan fingerprint density at radius 3 is 2.53 bits per heavy atom. The van der Waals surface area contributed by atoms with Gasteiger partial charge in [-0.2, -0.15) is 0 Å². The minimum absolute atomic E-state index is 0.288. The van der Waals surface area contributed by atoms with Crippen molar-refractivity contribution in [3.8, 4) is 5.75 Å². The molecule has 2 heterocycles. The topological polar surface area (TPSA) is 73.9 Å². The van der Waals surface area contributed by atoms with Crippen LogP contribution in [0.25, 0.3) is 0 Å². The number of nitrogens with zero attached hydrogens (tertiary/aromatic N) is 3. The minimum atomic E-state index is 0.288. The van der Waals surface area contributed by atoms with Gasteiger partial charge in [0.2, 0.25) is 0 Å². The van der Waals surface area contributed by atoms with E-state index >= 15 is 0 Å². The summed E-state index contributed by atoms with van der Waals surface area (Å²) in [5.41, 5.74) is 5.61. The molecule has 5 nitrogen and oxygen atoms in total. The Hall–Kier alpha value is -2.17. The molecule has 76 valence electrons. The summed E-state index contributed by atoms with van der Waals surface area (Å²) in [5.74, 6) is 1.53. The lowest BCUT2D eigenvalue weighted by Gasteiger charge is -2.05. The molecule has 0 aliphatic carbocycles. The molecule has 2 aromatic heterocycles. The van der Waals surface area contributed by atoms with E-state index in [0.29, 0.717) is 17.4 Å². The van der Waals surface area contributed by atoms with Gasteiger partial charge in [0.05, 0.1) is 0 Å². The number of nitrogen functional groups attached to an aromatic ring is 1. The second-order valence-electron chi connectivity index (χ2n) is 2.84. The Bertz CT molecular complexity index is 432. The van der Waals surface area contributed by atoms with Crippen molar-refractivity contribution in [2.45, 2.75) is 6.61 Å². The van der Waals surface area contributed by atoms with Crippen LogP contribution in [0.5, 0.6) is 5.75 Å². The van der Waals surface area contributed by atoms with Gasteiger partial charge < -0.3 is 10.5 Å². The fraction of sp³-hybridized carbons (Fsp3) is 0.100. The maximum Gasteiger partial charge on any atom is 0.166 e. The Balaban J connectivity index is 2.03.